The molecule has 0 aliphatic rings. The standard InChI is InChI=1S/C9H5Cl2NO2/c10-7-4-12-5-8(11)6(7)2-1-3-9(13)14/h4-5H,3H2,(H,13,14). The normalized spacial score (nSPS) is 9.00. The van der Waals surface area contributed by atoms with Gasteiger partial charge >= 0.3 is 5.97 Å². The third kappa shape index (κ3) is 2.91. The first-order chi connectivity index (χ1) is 6.61. The molecule has 1 N–H and O–H groups in total. The van der Waals surface area contributed by atoms with Crippen LogP contribution in [0, 0.1) is 11.8 Å². The molecule has 0 aliphatic heterocycles. The zero-order valence-electron chi connectivity index (χ0n) is 6.92. The van der Waals surface area contributed by atoms with Gasteiger partial charge in [0.25, 0.3) is 0 Å². The second kappa shape index (κ2) is 4.85. The molecule has 0 aromatic carbocycles. The van der Waals surface area contributed by atoms with Crippen LogP contribution in [0.3, 0.4) is 0 Å². The highest BCUT2D eigenvalue weighted by molar-refractivity contribution is 6.36. The molecule has 1 rings (SSSR count). The van der Waals surface area contributed by atoms with E-state index in [-0.39, 0.29) is 6.42 Å². The highest BCUT2D eigenvalue weighted by Gasteiger charge is 2.02. The smallest absolute Gasteiger partial charge is 0.315 e. The topological polar surface area (TPSA) is 50.2 Å². The minimum Gasteiger partial charge on any atom is -0.481 e. The molecule has 0 atom stereocenters. The van der Waals surface area contributed by atoms with Gasteiger partial charge in [0.1, 0.15) is 6.42 Å². The zero-order chi connectivity index (χ0) is 10.6. The van der Waals surface area contributed by atoms with E-state index in [0.29, 0.717) is 15.6 Å². The highest BCUT2D eigenvalue weighted by atomic mass is 35.5. The number of carbonyl (C=O) groups is 1. The van der Waals surface area contributed by atoms with E-state index in [1.807, 2.05) is 0 Å². The first-order valence-electron chi connectivity index (χ1n) is 3.61. The van der Waals surface area contributed by atoms with Crippen molar-refractivity contribution in [3.63, 3.8) is 0 Å². The lowest BCUT2D eigenvalue weighted by Crippen LogP contribution is -1.90. The number of carboxylic acid groups (broad SMARTS) is 1. The molecule has 0 saturated heterocycles. The number of pyridine rings is 1. The molecule has 3 nitrogen and oxygen atoms in total. The maximum Gasteiger partial charge on any atom is 0.315 e. The summed E-state index contributed by atoms with van der Waals surface area (Å²) in [5.41, 5.74) is 0.407. The molecule has 0 amide bonds. The average Bonchev–Trinajstić information content (AvgIpc) is 2.09. The Morgan fingerprint density at radius 1 is 1.43 bits per heavy atom. The molecule has 0 spiro atoms. The summed E-state index contributed by atoms with van der Waals surface area (Å²) in [5, 5.41) is 8.98. The minimum absolute atomic E-state index is 0.241. The number of aromatic nitrogens is 1. The Morgan fingerprint density at radius 2 is 2.00 bits per heavy atom. The van der Waals surface area contributed by atoms with Crippen LogP contribution in [0.15, 0.2) is 12.4 Å². The summed E-state index contributed by atoms with van der Waals surface area (Å²) in [6, 6.07) is 0. The van der Waals surface area contributed by atoms with Gasteiger partial charge in [-0.3, -0.25) is 9.78 Å². The van der Waals surface area contributed by atoms with Gasteiger partial charge in [-0.15, -0.1) is 0 Å². The Bertz CT molecular complexity index is 400. The van der Waals surface area contributed by atoms with E-state index in [4.69, 9.17) is 28.3 Å². The first kappa shape index (κ1) is 10.8. The zero-order valence-corrected chi connectivity index (χ0v) is 8.43. The Morgan fingerprint density at radius 3 is 2.50 bits per heavy atom. The summed E-state index contributed by atoms with van der Waals surface area (Å²) in [6.45, 7) is 0. The van der Waals surface area contributed by atoms with E-state index in [2.05, 4.69) is 16.8 Å². The van der Waals surface area contributed by atoms with Crippen molar-refractivity contribution in [3.8, 4) is 11.8 Å². The van der Waals surface area contributed by atoms with Crippen LogP contribution in [0.2, 0.25) is 10.0 Å². The molecule has 0 aliphatic carbocycles. The fourth-order valence-electron chi connectivity index (χ4n) is 0.739. The van der Waals surface area contributed by atoms with E-state index >= 15 is 0 Å². The highest BCUT2D eigenvalue weighted by Crippen LogP contribution is 2.21. The van der Waals surface area contributed by atoms with Gasteiger partial charge in [-0.1, -0.05) is 35.0 Å². The number of hydrogen-bond donors (Lipinski definition) is 1. The van der Waals surface area contributed by atoms with Crippen LogP contribution >= 0.6 is 23.2 Å². The average molecular weight is 230 g/mol. The van der Waals surface area contributed by atoms with Gasteiger partial charge in [-0.2, -0.15) is 0 Å². The first-order valence-corrected chi connectivity index (χ1v) is 4.36. The third-order valence-electron chi connectivity index (χ3n) is 1.31. The fraction of sp³-hybridized carbons (Fsp3) is 0.111. The number of hydrogen-bond acceptors (Lipinski definition) is 2. The fourth-order valence-corrected chi connectivity index (χ4v) is 1.20. The molecule has 0 fully saturated rings. The van der Waals surface area contributed by atoms with Crippen LogP contribution in [-0.4, -0.2) is 16.1 Å². The lowest BCUT2D eigenvalue weighted by atomic mass is 10.2. The molecule has 0 saturated carbocycles. The predicted octanol–water partition coefficient (Wildman–Crippen LogP) is 2.21. The SMILES string of the molecule is O=C(O)CC#Cc1c(Cl)cncc1Cl. The molecule has 0 unspecified atom stereocenters. The van der Waals surface area contributed by atoms with Gasteiger partial charge in [0.15, 0.2) is 0 Å². The Kier molecular flexibility index (Phi) is 3.75. The number of halogens is 2. The van der Waals surface area contributed by atoms with E-state index < -0.39 is 5.97 Å². The number of aliphatic carboxylic acids is 1. The third-order valence-corrected chi connectivity index (χ3v) is 1.88. The lowest BCUT2D eigenvalue weighted by Gasteiger charge is -1.96. The molecule has 72 valence electrons. The summed E-state index contributed by atoms with van der Waals surface area (Å²) < 4.78 is 0. The second-order valence-electron chi connectivity index (χ2n) is 2.35. The van der Waals surface area contributed by atoms with Gasteiger partial charge in [0.2, 0.25) is 0 Å². The maximum atomic E-state index is 10.2. The van der Waals surface area contributed by atoms with E-state index in [0.717, 1.165) is 0 Å². The van der Waals surface area contributed by atoms with E-state index in [1.165, 1.54) is 12.4 Å². The van der Waals surface area contributed by atoms with Gasteiger partial charge in [0, 0.05) is 12.4 Å². The van der Waals surface area contributed by atoms with Crippen molar-refractivity contribution in [2.24, 2.45) is 0 Å². The van der Waals surface area contributed by atoms with Gasteiger partial charge in [-0.25, -0.2) is 0 Å². The minimum atomic E-state index is -0.987. The Labute approximate surface area is 90.7 Å². The van der Waals surface area contributed by atoms with E-state index in [9.17, 15) is 4.79 Å². The monoisotopic (exact) mass is 229 g/mol. The van der Waals surface area contributed by atoms with Crippen LogP contribution in [0.1, 0.15) is 12.0 Å². The molecule has 1 aromatic heterocycles. The summed E-state index contributed by atoms with van der Waals surface area (Å²) in [5.74, 6) is 4.03. The van der Waals surface area contributed by atoms with Crippen molar-refractivity contribution < 1.29 is 9.90 Å². The van der Waals surface area contributed by atoms with Crippen molar-refractivity contribution >= 4 is 29.2 Å². The van der Waals surface area contributed by atoms with Gasteiger partial charge in [0.05, 0.1) is 15.6 Å². The van der Waals surface area contributed by atoms with Crippen molar-refractivity contribution in [1.29, 1.82) is 0 Å². The Hall–Kier alpha value is -1.24. The summed E-state index contributed by atoms with van der Waals surface area (Å²) in [4.78, 5) is 13.9. The number of nitrogens with zero attached hydrogens (tertiary/aromatic N) is 1. The van der Waals surface area contributed by atoms with Crippen molar-refractivity contribution in [2.75, 3.05) is 0 Å². The second-order valence-corrected chi connectivity index (χ2v) is 3.16. The van der Waals surface area contributed by atoms with Crippen LogP contribution in [-0.2, 0) is 4.79 Å². The molecule has 0 radical (unpaired) electrons. The maximum absolute atomic E-state index is 10.2. The number of carboxylic acids is 1. The Balaban J connectivity index is 2.94. The molecule has 14 heavy (non-hydrogen) atoms. The quantitative estimate of drug-likeness (QED) is 0.752. The van der Waals surface area contributed by atoms with Crippen LogP contribution in [0.25, 0.3) is 0 Å². The molecule has 1 heterocycles. The molecule has 0 bridgehead atoms. The van der Waals surface area contributed by atoms with Gasteiger partial charge in [-0.05, 0) is 0 Å². The number of rotatable bonds is 1. The summed E-state index contributed by atoms with van der Waals surface area (Å²) >= 11 is 11.5. The lowest BCUT2D eigenvalue weighted by molar-refractivity contribution is -0.135. The summed E-state index contributed by atoms with van der Waals surface area (Å²) in [6.07, 6.45) is 2.56. The van der Waals surface area contributed by atoms with Crippen molar-refractivity contribution in [1.82, 2.24) is 4.98 Å². The van der Waals surface area contributed by atoms with Crippen LogP contribution < -0.4 is 0 Å². The molecular formula is C9H5Cl2NO2. The van der Waals surface area contributed by atoms with Crippen molar-refractivity contribution in [2.45, 2.75) is 6.42 Å². The molecule has 1 aromatic rings. The predicted molar refractivity (Wildman–Crippen MR) is 53.4 cm³/mol. The van der Waals surface area contributed by atoms with Crippen LogP contribution in [0.5, 0.6) is 0 Å². The van der Waals surface area contributed by atoms with Gasteiger partial charge < -0.3 is 5.11 Å². The van der Waals surface area contributed by atoms with Crippen molar-refractivity contribution in [3.05, 3.63) is 28.0 Å². The molecule has 5 heteroatoms. The molecular weight excluding hydrogens is 225 g/mol. The largest absolute Gasteiger partial charge is 0.481 e. The van der Waals surface area contributed by atoms with E-state index in [1.54, 1.807) is 0 Å². The summed E-state index contributed by atoms with van der Waals surface area (Å²) in [7, 11) is 0. The van der Waals surface area contributed by atoms with Crippen LogP contribution in [0.4, 0.5) is 0 Å².